The molecule has 0 radical (unpaired) electrons. The minimum atomic E-state index is -0.277. The van der Waals surface area contributed by atoms with Gasteiger partial charge >= 0.3 is 0 Å². The van der Waals surface area contributed by atoms with E-state index in [-0.39, 0.29) is 17.7 Å². The zero-order valence-corrected chi connectivity index (χ0v) is 15.9. The van der Waals surface area contributed by atoms with E-state index >= 15 is 0 Å². The first kappa shape index (κ1) is 17.3. The summed E-state index contributed by atoms with van der Waals surface area (Å²) in [7, 11) is 0. The lowest BCUT2D eigenvalue weighted by Gasteiger charge is -2.26. The molecule has 3 aromatic carbocycles. The number of fused-ring (bicyclic) bond motifs is 1. The molecule has 0 saturated carbocycles. The van der Waals surface area contributed by atoms with Gasteiger partial charge in [0, 0.05) is 11.3 Å². The normalized spacial score (nSPS) is 15.6. The molecule has 29 heavy (non-hydrogen) atoms. The van der Waals surface area contributed by atoms with Crippen molar-refractivity contribution in [2.24, 2.45) is 0 Å². The molecule has 5 nitrogen and oxygen atoms in total. The van der Waals surface area contributed by atoms with E-state index in [0.29, 0.717) is 5.69 Å². The van der Waals surface area contributed by atoms with E-state index in [1.165, 1.54) is 0 Å². The van der Waals surface area contributed by atoms with Crippen molar-refractivity contribution in [3.05, 3.63) is 107 Å². The van der Waals surface area contributed by atoms with Crippen LogP contribution in [0, 0.1) is 6.92 Å². The lowest BCUT2D eigenvalue weighted by atomic mass is 9.99. The molecule has 5 heteroatoms. The maximum Gasteiger partial charge on any atom is 0.278 e. The van der Waals surface area contributed by atoms with Crippen molar-refractivity contribution in [2.45, 2.75) is 13.0 Å². The van der Waals surface area contributed by atoms with Gasteiger partial charge in [0.05, 0.1) is 17.4 Å². The predicted octanol–water partition coefficient (Wildman–Crippen LogP) is 4.64. The van der Waals surface area contributed by atoms with Crippen LogP contribution in [0.2, 0.25) is 0 Å². The summed E-state index contributed by atoms with van der Waals surface area (Å²) in [4.78, 5) is 15.5. The maximum atomic E-state index is 13.7. The minimum absolute atomic E-state index is 0.107. The van der Waals surface area contributed by atoms with Crippen molar-refractivity contribution >= 4 is 11.6 Å². The molecule has 1 aliphatic rings. The number of aromatic nitrogens is 2. The minimum Gasteiger partial charge on any atom is -0.508 e. The van der Waals surface area contributed by atoms with E-state index in [1.54, 1.807) is 33.8 Å². The Bertz CT molecular complexity index is 1180. The third-order valence-electron chi connectivity index (χ3n) is 5.30. The second kappa shape index (κ2) is 6.63. The van der Waals surface area contributed by atoms with Crippen molar-refractivity contribution < 1.29 is 9.90 Å². The van der Waals surface area contributed by atoms with Crippen LogP contribution in [-0.4, -0.2) is 20.8 Å². The molecular formula is C24H19N3O2. The number of anilines is 1. The highest BCUT2D eigenvalue weighted by molar-refractivity contribution is 6.11. The Balaban J connectivity index is 1.75. The highest BCUT2D eigenvalue weighted by Crippen LogP contribution is 2.43. The van der Waals surface area contributed by atoms with E-state index in [0.717, 1.165) is 28.2 Å². The van der Waals surface area contributed by atoms with E-state index in [1.807, 2.05) is 67.6 Å². The van der Waals surface area contributed by atoms with Gasteiger partial charge in [0.15, 0.2) is 0 Å². The summed E-state index contributed by atoms with van der Waals surface area (Å²) in [5.74, 6) is 0.0600. The second-order valence-electron chi connectivity index (χ2n) is 7.10. The van der Waals surface area contributed by atoms with E-state index in [4.69, 9.17) is 5.10 Å². The number of aryl methyl sites for hydroxylation is 1. The molecule has 1 atom stereocenters. The number of rotatable bonds is 3. The monoisotopic (exact) mass is 381 g/mol. The molecule has 1 unspecified atom stereocenters. The Kier molecular flexibility index (Phi) is 3.95. The van der Waals surface area contributed by atoms with Crippen LogP contribution in [0.15, 0.2) is 84.9 Å². The van der Waals surface area contributed by atoms with Gasteiger partial charge in [0.25, 0.3) is 5.91 Å². The quantitative estimate of drug-likeness (QED) is 0.563. The van der Waals surface area contributed by atoms with Crippen molar-refractivity contribution in [1.29, 1.82) is 0 Å². The summed E-state index contributed by atoms with van der Waals surface area (Å²) in [6.07, 6.45) is 0. The molecule has 0 aliphatic carbocycles. The molecule has 5 rings (SSSR count). The number of carbonyl (C=O) groups is 1. The van der Waals surface area contributed by atoms with Gasteiger partial charge in [-0.3, -0.25) is 9.69 Å². The molecule has 1 N–H and O–H groups in total. The molecule has 1 aliphatic heterocycles. The van der Waals surface area contributed by atoms with Crippen molar-refractivity contribution in [3.8, 4) is 11.4 Å². The first-order valence-electron chi connectivity index (χ1n) is 9.47. The highest BCUT2D eigenvalue weighted by Gasteiger charge is 2.43. The summed E-state index contributed by atoms with van der Waals surface area (Å²) in [5.41, 5.74) is 4.92. The summed E-state index contributed by atoms with van der Waals surface area (Å²) in [6, 6.07) is 26.1. The Morgan fingerprint density at radius 1 is 0.828 bits per heavy atom. The average Bonchev–Trinajstić information content (AvgIpc) is 3.25. The summed E-state index contributed by atoms with van der Waals surface area (Å²) >= 11 is 0. The van der Waals surface area contributed by atoms with Crippen molar-refractivity contribution in [2.75, 3.05) is 4.90 Å². The number of hydrogen-bond acceptors (Lipinski definition) is 3. The first-order valence-corrected chi connectivity index (χ1v) is 9.47. The molecule has 0 spiro atoms. The van der Waals surface area contributed by atoms with Crippen LogP contribution < -0.4 is 4.90 Å². The summed E-state index contributed by atoms with van der Waals surface area (Å²) in [5, 5.41) is 14.4. The van der Waals surface area contributed by atoms with Gasteiger partial charge in [0.2, 0.25) is 0 Å². The Morgan fingerprint density at radius 3 is 2.10 bits per heavy atom. The fraction of sp³-hybridized carbons (Fsp3) is 0.0833. The fourth-order valence-corrected chi connectivity index (χ4v) is 4.02. The topological polar surface area (TPSA) is 58.4 Å². The largest absolute Gasteiger partial charge is 0.508 e. The van der Waals surface area contributed by atoms with Crippen LogP contribution in [-0.2, 0) is 0 Å². The lowest BCUT2D eigenvalue weighted by Crippen LogP contribution is -2.30. The third-order valence-corrected chi connectivity index (χ3v) is 5.30. The number of para-hydroxylation sites is 1. The van der Waals surface area contributed by atoms with Crippen LogP contribution in [0.4, 0.5) is 5.69 Å². The molecule has 0 bridgehead atoms. The molecule has 0 saturated heterocycles. The molecule has 0 fully saturated rings. The maximum absolute atomic E-state index is 13.7. The van der Waals surface area contributed by atoms with Gasteiger partial charge in [-0.2, -0.15) is 5.10 Å². The fourth-order valence-electron chi connectivity index (χ4n) is 4.02. The number of nitrogens with zero attached hydrogens (tertiary/aromatic N) is 3. The van der Waals surface area contributed by atoms with Gasteiger partial charge in [-0.1, -0.05) is 48.5 Å². The summed E-state index contributed by atoms with van der Waals surface area (Å²) in [6.45, 7) is 1.95. The standard InChI is InChI=1S/C24H19N3O2/c1-16-21-22(17-8-4-2-5-9-17)26(18-12-14-20(28)15-13-18)24(29)23(21)27(25-16)19-10-6-3-7-11-19/h2-15,22,28H,1H3. The molecule has 2 heterocycles. The molecule has 1 aromatic heterocycles. The molecular weight excluding hydrogens is 362 g/mol. The van der Waals surface area contributed by atoms with Crippen molar-refractivity contribution in [3.63, 3.8) is 0 Å². The number of phenolic OH excluding ortho intramolecular Hbond substituents is 1. The number of hydrogen-bond donors (Lipinski definition) is 1. The second-order valence-corrected chi connectivity index (χ2v) is 7.10. The van der Waals surface area contributed by atoms with Gasteiger partial charge in [-0.25, -0.2) is 4.68 Å². The molecule has 1 amide bonds. The average molecular weight is 381 g/mol. The SMILES string of the molecule is Cc1nn(-c2ccccc2)c2c1C(c1ccccc1)N(c1ccc(O)cc1)C2=O. The van der Waals surface area contributed by atoms with Crippen molar-refractivity contribution in [1.82, 2.24) is 9.78 Å². The smallest absolute Gasteiger partial charge is 0.278 e. The first-order chi connectivity index (χ1) is 14.1. The number of benzene rings is 3. The number of amides is 1. The van der Waals surface area contributed by atoms with Gasteiger partial charge in [-0.05, 0) is 48.9 Å². The third kappa shape index (κ3) is 2.70. The molecule has 142 valence electrons. The van der Waals surface area contributed by atoms with E-state index in [9.17, 15) is 9.90 Å². The van der Waals surface area contributed by atoms with Gasteiger partial charge in [-0.15, -0.1) is 0 Å². The zero-order chi connectivity index (χ0) is 20.0. The Morgan fingerprint density at radius 2 is 1.45 bits per heavy atom. The van der Waals surface area contributed by atoms with Crippen LogP contribution in [0.3, 0.4) is 0 Å². The van der Waals surface area contributed by atoms with Crippen LogP contribution in [0.1, 0.15) is 33.4 Å². The zero-order valence-electron chi connectivity index (χ0n) is 15.9. The van der Waals surface area contributed by atoms with Gasteiger partial charge in [0.1, 0.15) is 11.4 Å². The van der Waals surface area contributed by atoms with E-state index < -0.39 is 0 Å². The predicted molar refractivity (Wildman–Crippen MR) is 112 cm³/mol. The molecule has 4 aromatic rings. The van der Waals surface area contributed by atoms with E-state index in [2.05, 4.69) is 0 Å². The van der Waals surface area contributed by atoms with Crippen LogP contribution >= 0.6 is 0 Å². The number of phenols is 1. The lowest BCUT2D eigenvalue weighted by molar-refractivity contribution is 0.0986. The number of carbonyl (C=O) groups excluding carboxylic acids is 1. The Hall–Kier alpha value is -3.86. The van der Waals surface area contributed by atoms with Crippen LogP contribution in [0.25, 0.3) is 5.69 Å². The number of aromatic hydroxyl groups is 1. The highest BCUT2D eigenvalue weighted by atomic mass is 16.3. The van der Waals surface area contributed by atoms with Gasteiger partial charge < -0.3 is 5.11 Å². The summed E-state index contributed by atoms with van der Waals surface area (Å²) < 4.78 is 1.74. The van der Waals surface area contributed by atoms with Crippen LogP contribution in [0.5, 0.6) is 5.75 Å². The Labute approximate surface area is 168 Å².